The number of carbonyl (C=O) groups is 1. The molecule has 22 heavy (non-hydrogen) atoms. The predicted molar refractivity (Wildman–Crippen MR) is 97.8 cm³/mol. The van der Waals surface area contributed by atoms with Crippen molar-refractivity contribution in [3.05, 3.63) is 36.8 Å². The molecule has 1 N–H and O–H groups in total. The largest absolute Gasteiger partial charge is 0.459 e. The van der Waals surface area contributed by atoms with Gasteiger partial charge in [-0.05, 0) is 19.1 Å². The molecule has 0 bridgehead atoms. The van der Waals surface area contributed by atoms with Gasteiger partial charge in [0.2, 0.25) is 0 Å². The lowest BCUT2D eigenvalue weighted by Gasteiger charge is -2.36. The summed E-state index contributed by atoms with van der Waals surface area (Å²) in [5, 5.41) is 3.26. The van der Waals surface area contributed by atoms with E-state index in [2.05, 4.69) is 21.8 Å². The van der Waals surface area contributed by atoms with Crippen LogP contribution in [0.25, 0.3) is 0 Å². The zero-order valence-electron chi connectivity index (χ0n) is 12.8. The average Bonchev–Trinajstić information content (AvgIpc) is 3.05. The summed E-state index contributed by atoms with van der Waals surface area (Å²) in [6, 6.07) is 3.43. The average molecular weight is 418 g/mol. The van der Waals surface area contributed by atoms with E-state index >= 15 is 0 Å². The molecular weight excluding hydrogens is 395 g/mol. The molecule has 0 spiro atoms. The standard InChI is InChI=1S/C15H22N4O2.HI/c1-3-7-17-15(16-4-2)19-10-8-18(9-11-19)14(20)13-6-5-12-21-13;/h3,5-6,12H,1,4,7-11H2,2H3,(H,16,17);1H. The summed E-state index contributed by atoms with van der Waals surface area (Å²) >= 11 is 0. The van der Waals surface area contributed by atoms with Crippen LogP contribution in [0.15, 0.2) is 40.5 Å². The third-order valence-electron chi connectivity index (χ3n) is 3.30. The number of guanidine groups is 1. The summed E-state index contributed by atoms with van der Waals surface area (Å²) in [7, 11) is 0. The molecule has 2 heterocycles. The van der Waals surface area contributed by atoms with Gasteiger partial charge in [0.1, 0.15) is 0 Å². The van der Waals surface area contributed by atoms with E-state index in [0.29, 0.717) is 25.4 Å². The lowest BCUT2D eigenvalue weighted by Crippen LogP contribution is -2.53. The van der Waals surface area contributed by atoms with Gasteiger partial charge < -0.3 is 19.5 Å². The topological polar surface area (TPSA) is 61.1 Å². The molecule has 2 rings (SSSR count). The van der Waals surface area contributed by atoms with Crippen molar-refractivity contribution in [3.63, 3.8) is 0 Å². The third kappa shape index (κ3) is 4.75. The Balaban J connectivity index is 0.00000242. The Hall–Kier alpha value is -1.51. The molecule has 1 fully saturated rings. The summed E-state index contributed by atoms with van der Waals surface area (Å²) in [6.45, 7) is 9.99. The van der Waals surface area contributed by atoms with E-state index in [9.17, 15) is 4.79 Å². The van der Waals surface area contributed by atoms with E-state index in [-0.39, 0.29) is 29.9 Å². The van der Waals surface area contributed by atoms with Gasteiger partial charge in [0, 0.05) is 32.7 Å². The van der Waals surface area contributed by atoms with Crippen molar-refractivity contribution in [3.8, 4) is 0 Å². The number of nitrogens with zero attached hydrogens (tertiary/aromatic N) is 3. The second-order valence-electron chi connectivity index (χ2n) is 4.74. The van der Waals surface area contributed by atoms with Crippen molar-refractivity contribution in [2.24, 2.45) is 4.99 Å². The van der Waals surface area contributed by atoms with Gasteiger partial charge in [0.05, 0.1) is 12.8 Å². The first-order chi connectivity index (χ1) is 10.3. The van der Waals surface area contributed by atoms with Crippen molar-refractivity contribution in [1.29, 1.82) is 0 Å². The molecule has 0 radical (unpaired) electrons. The Morgan fingerprint density at radius 1 is 1.41 bits per heavy atom. The van der Waals surface area contributed by atoms with Crippen LogP contribution in [-0.2, 0) is 0 Å². The van der Waals surface area contributed by atoms with Gasteiger partial charge in [-0.25, -0.2) is 4.99 Å². The number of rotatable bonds is 4. The summed E-state index contributed by atoms with van der Waals surface area (Å²) in [5.41, 5.74) is 0. The molecule has 1 aliphatic heterocycles. The molecule has 122 valence electrons. The van der Waals surface area contributed by atoms with Gasteiger partial charge in [0.15, 0.2) is 11.7 Å². The van der Waals surface area contributed by atoms with Gasteiger partial charge >= 0.3 is 0 Å². The van der Waals surface area contributed by atoms with Gasteiger partial charge in [0.25, 0.3) is 5.91 Å². The lowest BCUT2D eigenvalue weighted by atomic mass is 10.3. The minimum absolute atomic E-state index is 0. The molecule has 0 saturated carbocycles. The highest BCUT2D eigenvalue weighted by molar-refractivity contribution is 14.0. The molecule has 7 heteroatoms. The first-order valence-electron chi connectivity index (χ1n) is 7.23. The summed E-state index contributed by atoms with van der Waals surface area (Å²) in [6.07, 6.45) is 3.29. The first-order valence-corrected chi connectivity index (χ1v) is 7.23. The quantitative estimate of drug-likeness (QED) is 0.351. The highest BCUT2D eigenvalue weighted by Crippen LogP contribution is 2.09. The van der Waals surface area contributed by atoms with E-state index in [1.54, 1.807) is 18.2 Å². The predicted octanol–water partition coefficient (Wildman–Crippen LogP) is 1.81. The Kier molecular flexibility index (Phi) is 8.00. The summed E-state index contributed by atoms with van der Waals surface area (Å²) < 4.78 is 5.16. The molecule has 1 aromatic heterocycles. The fraction of sp³-hybridized carbons (Fsp3) is 0.467. The van der Waals surface area contributed by atoms with E-state index in [1.165, 1.54) is 6.26 Å². The van der Waals surface area contributed by atoms with Crippen LogP contribution in [0.2, 0.25) is 0 Å². The number of furan rings is 1. The second-order valence-corrected chi connectivity index (χ2v) is 4.74. The zero-order chi connectivity index (χ0) is 15.1. The Labute approximate surface area is 148 Å². The molecule has 0 atom stereocenters. The normalized spacial score (nSPS) is 15.2. The van der Waals surface area contributed by atoms with Crippen LogP contribution >= 0.6 is 24.0 Å². The number of hydrogen-bond acceptors (Lipinski definition) is 3. The van der Waals surface area contributed by atoms with Gasteiger partial charge in [-0.15, -0.1) is 30.6 Å². The molecule has 0 unspecified atom stereocenters. The van der Waals surface area contributed by atoms with Crippen LogP contribution in [0.3, 0.4) is 0 Å². The molecule has 1 saturated heterocycles. The maximum Gasteiger partial charge on any atom is 0.289 e. The van der Waals surface area contributed by atoms with E-state index < -0.39 is 0 Å². The molecule has 1 aliphatic rings. The van der Waals surface area contributed by atoms with Crippen LogP contribution in [0, 0.1) is 0 Å². The van der Waals surface area contributed by atoms with Gasteiger partial charge in [-0.2, -0.15) is 0 Å². The summed E-state index contributed by atoms with van der Waals surface area (Å²) in [4.78, 5) is 20.6. The highest BCUT2D eigenvalue weighted by Gasteiger charge is 2.24. The number of halogens is 1. The fourth-order valence-corrected chi connectivity index (χ4v) is 2.25. The van der Waals surface area contributed by atoms with Crippen LogP contribution in [0.5, 0.6) is 0 Å². The fourth-order valence-electron chi connectivity index (χ4n) is 2.25. The molecular formula is C15H23IN4O2. The van der Waals surface area contributed by atoms with Gasteiger partial charge in [-0.1, -0.05) is 6.08 Å². The number of aliphatic imine (C=N–C) groups is 1. The molecule has 6 nitrogen and oxygen atoms in total. The zero-order valence-corrected chi connectivity index (χ0v) is 15.2. The molecule has 1 amide bonds. The van der Waals surface area contributed by atoms with Crippen molar-refractivity contribution >= 4 is 35.8 Å². The SMILES string of the molecule is C=CCN=C(NCC)N1CCN(C(=O)c2ccco2)CC1.I. The first kappa shape index (κ1) is 18.5. The van der Waals surface area contributed by atoms with Crippen LogP contribution < -0.4 is 5.32 Å². The second kappa shape index (κ2) is 9.50. The number of hydrogen-bond donors (Lipinski definition) is 1. The summed E-state index contributed by atoms with van der Waals surface area (Å²) in [5.74, 6) is 1.23. The maximum atomic E-state index is 12.2. The molecule has 0 aliphatic carbocycles. The van der Waals surface area contributed by atoms with E-state index in [4.69, 9.17) is 4.42 Å². The van der Waals surface area contributed by atoms with Crippen molar-refractivity contribution < 1.29 is 9.21 Å². The molecule has 1 aromatic rings. The Morgan fingerprint density at radius 2 is 2.09 bits per heavy atom. The maximum absolute atomic E-state index is 12.2. The molecule has 0 aromatic carbocycles. The number of nitrogens with one attached hydrogen (secondary N) is 1. The third-order valence-corrected chi connectivity index (χ3v) is 3.30. The Morgan fingerprint density at radius 3 is 2.64 bits per heavy atom. The Bertz CT molecular complexity index is 494. The van der Waals surface area contributed by atoms with E-state index in [1.807, 2.05) is 11.8 Å². The van der Waals surface area contributed by atoms with E-state index in [0.717, 1.165) is 25.6 Å². The minimum Gasteiger partial charge on any atom is -0.459 e. The highest BCUT2D eigenvalue weighted by atomic mass is 127. The van der Waals surface area contributed by atoms with Crippen molar-refractivity contribution in [2.45, 2.75) is 6.92 Å². The number of carbonyl (C=O) groups excluding carboxylic acids is 1. The van der Waals surface area contributed by atoms with Crippen LogP contribution in [0.1, 0.15) is 17.5 Å². The number of piperazine rings is 1. The van der Waals surface area contributed by atoms with Crippen LogP contribution in [0.4, 0.5) is 0 Å². The van der Waals surface area contributed by atoms with Crippen molar-refractivity contribution in [2.75, 3.05) is 39.3 Å². The smallest absolute Gasteiger partial charge is 0.289 e. The van der Waals surface area contributed by atoms with Crippen molar-refractivity contribution in [1.82, 2.24) is 15.1 Å². The van der Waals surface area contributed by atoms with Gasteiger partial charge in [-0.3, -0.25) is 4.79 Å². The number of amides is 1. The van der Waals surface area contributed by atoms with Crippen LogP contribution in [-0.4, -0.2) is 60.9 Å². The lowest BCUT2D eigenvalue weighted by molar-refractivity contribution is 0.0658. The minimum atomic E-state index is -0.0484. The monoisotopic (exact) mass is 418 g/mol.